The molecule has 0 spiro atoms. The van der Waals surface area contributed by atoms with Gasteiger partial charge in [0.1, 0.15) is 0 Å². The average Bonchev–Trinajstić information content (AvgIpc) is 3.11. The van der Waals surface area contributed by atoms with Crippen LogP contribution in [0.25, 0.3) is 0 Å². The van der Waals surface area contributed by atoms with Crippen LogP contribution in [0.1, 0.15) is 30.8 Å². The number of ether oxygens (including phenoxy) is 1. The highest BCUT2D eigenvalue weighted by Gasteiger charge is 2.27. The van der Waals surface area contributed by atoms with Gasteiger partial charge in [0.25, 0.3) is 0 Å². The minimum absolute atomic E-state index is 0. The van der Waals surface area contributed by atoms with Gasteiger partial charge in [0.2, 0.25) is 0 Å². The zero-order valence-electron chi connectivity index (χ0n) is 15.6. The van der Waals surface area contributed by atoms with Gasteiger partial charge >= 0.3 is 0 Å². The van der Waals surface area contributed by atoms with Gasteiger partial charge in [-0.3, -0.25) is 9.80 Å². The maximum atomic E-state index is 5.16. The lowest BCUT2D eigenvalue weighted by Crippen LogP contribution is -2.47. The molecule has 1 aliphatic heterocycles. The lowest BCUT2D eigenvalue weighted by atomic mass is 10.1. The summed E-state index contributed by atoms with van der Waals surface area (Å²) in [5.41, 5.74) is 1.38. The highest BCUT2D eigenvalue weighted by Crippen LogP contribution is 2.23. The number of rotatable bonds is 8. The van der Waals surface area contributed by atoms with Crippen molar-refractivity contribution in [2.45, 2.75) is 32.5 Å². The van der Waals surface area contributed by atoms with Crippen LogP contribution in [0.3, 0.4) is 0 Å². The normalized spacial score (nSPS) is 17.0. The van der Waals surface area contributed by atoms with Gasteiger partial charge in [-0.2, -0.15) is 0 Å². The first kappa shape index (κ1) is 20.8. The van der Waals surface area contributed by atoms with Gasteiger partial charge in [-0.15, -0.1) is 17.5 Å². The number of nitrogens with zero attached hydrogens (tertiary/aromatic N) is 6. The van der Waals surface area contributed by atoms with Crippen LogP contribution < -0.4 is 0 Å². The van der Waals surface area contributed by atoms with Gasteiger partial charge in [-0.25, -0.2) is 4.68 Å². The summed E-state index contributed by atoms with van der Waals surface area (Å²) >= 11 is 0. The van der Waals surface area contributed by atoms with Crippen LogP contribution in [-0.4, -0.2) is 69.9 Å². The van der Waals surface area contributed by atoms with E-state index in [0.29, 0.717) is 13.2 Å². The number of benzene rings is 1. The zero-order chi connectivity index (χ0) is 17.5. The SMILES string of the molecule is CCC(c1nnnn1CCOC)N1CCN(Cc2ccccc2)CC1.Cl. The Morgan fingerprint density at radius 3 is 2.50 bits per heavy atom. The van der Waals surface area contributed by atoms with Crippen molar-refractivity contribution in [1.82, 2.24) is 30.0 Å². The fraction of sp³-hybridized carbons (Fsp3) is 0.611. The zero-order valence-corrected chi connectivity index (χ0v) is 16.4. The van der Waals surface area contributed by atoms with Crippen LogP contribution in [-0.2, 0) is 17.8 Å². The lowest BCUT2D eigenvalue weighted by Gasteiger charge is -2.38. The van der Waals surface area contributed by atoms with Crippen LogP contribution in [0.4, 0.5) is 0 Å². The molecule has 1 unspecified atom stereocenters. The number of aromatic nitrogens is 4. The number of methoxy groups -OCH3 is 1. The first-order valence-electron chi connectivity index (χ1n) is 9.07. The monoisotopic (exact) mass is 380 g/mol. The van der Waals surface area contributed by atoms with Crippen LogP contribution in [0, 0.1) is 0 Å². The molecule has 2 heterocycles. The molecule has 144 valence electrons. The molecule has 0 N–H and O–H groups in total. The second-order valence-corrected chi connectivity index (χ2v) is 6.47. The van der Waals surface area contributed by atoms with E-state index in [1.54, 1.807) is 7.11 Å². The van der Waals surface area contributed by atoms with Gasteiger partial charge in [0.05, 0.1) is 19.2 Å². The number of halogens is 1. The fourth-order valence-electron chi connectivity index (χ4n) is 3.47. The van der Waals surface area contributed by atoms with Crippen molar-refractivity contribution in [1.29, 1.82) is 0 Å². The standard InChI is InChI=1S/C18H28N6O.ClH/c1-3-17(18-19-20-21-24(18)13-14-25-2)23-11-9-22(10-12-23)15-16-7-5-4-6-8-16;/h4-8,17H,3,9-15H2,1-2H3;1H. The molecule has 1 fully saturated rings. The molecule has 1 aromatic carbocycles. The minimum Gasteiger partial charge on any atom is -0.383 e. The molecule has 2 aromatic rings. The van der Waals surface area contributed by atoms with Gasteiger partial charge in [-0.05, 0) is 22.4 Å². The van der Waals surface area contributed by atoms with E-state index in [-0.39, 0.29) is 18.4 Å². The Balaban J connectivity index is 0.00000243. The highest BCUT2D eigenvalue weighted by atomic mass is 35.5. The number of hydrogen-bond acceptors (Lipinski definition) is 6. The van der Waals surface area contributed by atoms with Crippen LogP contribution in [0.15, 0.2) is 30.3 Å². The third-order valence-electron chi connectivity index (χ3n) is 4.85. The number of hydrogen-bond donors (Lipinski definition) is 0. The molecule has 1 atom stereocenters. The lowest BCUT2D eigenvalue weighted by molar-refractivity contribution is 0.0831. The molecule has 1 saturated heterocycles. The van der Waals surface area contributed by atoms with E-state index in [1.807, 2.05) is 4.68 Å². The van der Waals surface area contributed by atoms with Crippen molar-refractivity contribution in [3.63, 3.8) is 0 Å². The number of piperazine rings is 1. The molecule has 0 bridgehead atoms. The van der Waals surface area contributed by atoms with E-state index in [4.69, 9.17) is 4.74 Å². The number of tetrazole rings is 1. The first-order valence-corrected chi connectivity index (χ1v) is 9.07. The van der Waals surface area contributed by atoms with E-state index in [0.717, 1.165) is 45.0 Å². The predicted octanol–water partition coefficient (Wildman–Crippen LogP) is 2.01. The summed E-state index contributed by atoms with van der Waals surface area (Å²) in [5, 5.41) is 12.3. The van der Waals surface area contributed by atoms with Crippen LogP contribution >= 0.6 is 12.4 Å². The van der Waals surface area contributed by atoms with Crippen molar-refractivity contribution >= 4 is 12.4 Å². The van der Waals surface area contributed by atoms with E-state index in [2.05, 4.69) is 62.6 Å². The molecule has 1 aromatic heterocycles. The van der Waals surface area contributed by atoms with Crippen LogP contribution in [0.2, 0.25) is 0 Å². The third-order valence-corrected chi connectivity index (χ3v) is 4.85. The Bertz CT molecular complexity index is 630. The molecule has 0 saturated carbocycles. The van der Waals surface area contributed by atoms with Gasteiger partial charge in [0, 0.05) is 39.8 Å². The largest absolute Gasteiger partial charge is 0.383 e. The smallest absolute Gasteiger partial charge is 0.168 e. The molecule has 8 heteroatoms. The Morgan fingerprint density at radius 2 is 1.85 bits per heavy atom. The summed E-state index contributed by atoms with van der Waals surface area (Å²) in [7, 11) is 1.70. The fourth-order valence-corrected chi connectivity index (χ4v) is 3.47. The quantitative estimate of drug-likeness (QED) is 0.698. The molecule has 0 radical (unpaired) electrons. The first-order chi connectivity index (χ1) is 12.3. The van der Waals surface area contributed by atoms with E-state index < -0.39 is 0 Å². The van der Waals surface area contributed by atoms with Crippen molar-refractivity contribution < 1.29 is 4.74 Å². The summed E-state index contributed by atoms with van der Waals surface area (Å²) in [5.74, 6) is 0.955. The molecule has 1 aliphatic rings. The summed E-state index contributed by atoms with van der Waals surface area (Å²) in [6.45, 7) is 8.79. The second kappa shape index (κ2) is 10.6. The van der Waals surface area contributed by atoms with E-state index >= 15 is 0 Å². The van der Waals surface area contributed by atoms with E-state index in [9.17, 15) is 0 Å². The van der Waals surface area contributed by atoms with Crippen molar-refractivity contribution in [2.24, 2.45) is 0 Å². The molecule has 7 nitrogen and oxygen atoms in total. The summed E-state index contributed by atoms with van der Waals surface area (Å²) in [4.78, 5) is 5.03. The Kier molecular flexibility index (Phi) is 8.44. The van der Waals surface area contributed by atoms with E-state index in [1.165, 1.54) is 5.56 Å². The molecular formula is C18H29ClN6O. The predicted molar refractivity (Wildman–Crippen MR) is 103 cm³/mol. The average molecular weight is 381 g/mol. The topological polar surface area (TPSA) is 59.3 Å². The Morgan fingerprint density at radius 1 is 1.12 bits per heavy atom. The molecule has 0 amide bonds. The molecule has 3 rings (SSSR count). The van der Waals surface area contributed by atoms with Crippen molar-refractivity contribution in [2.75, 3.05) is 39.9 Å². The third kappa shape index (κ3) is 5.23. The van der Waals surface area contributed by atoms with Gasteiger partial charge in [0.15, 0.2) is 5.82 Å². The van der Waals surface area contributed by atoms with Crippen LogP contribution in [0.5, 0.6) is 0 Å². The van der Waals surface area contributed by atoms with Crippen molar-refractivity contribution in [3.8, 4) is 0 Å². The molecular weight excluding hydrogens is 352 g/mol. The summed E-state index contributed by atoms with van der Waals surface area (Å²) < 4.78 is 7.05. The highest BCUT2D eigenvalue weighted by molar-refractivity contribution is 5.85. The maximum absolute atomic E-state index is 5.16. The Labute approximate surface area is 161 Å². The summed E-state index contributed by atoms with van der Waals surface area (Å²) in [6, 6.07) is 11.0. The second-order valence-electron chi connectivity index (χ2n) is 6.47. The maximum Gasteiger partial charge on any atom is 0.168 e. The summed E-state index contributed by atoms with van der Waals surface area (Å²) in [6.07, 6.45) is 1.01. The molecule has 26 heavy (non-hydrogen) atoms. The van der Waals surface area contributed by atoms with Crippen molar-refractivity contribution in [3.05, 3.63) is 41.7 Å². The van der Waals surface area contributed by atoms with Gasteiger partial charge < -0.3 is 4.74 Å². The van der Waals surface area contributed by atoms with Gasteiger partial charge in [-0.1, -0.05) is 37.3 Å². The minimum atomic E-state index is 0. The Hall–Kier alpha value is -1.54. The molecule has 0 aliphatic carbocycles.